The van der Waals surface area contributed by atoms with Crippen LogP contribution in [0.5, 0.6) is 0 Å². The quantitative estimate of drug-likeness (QED) is 0.250. The highest BCUT2D eigenvalue weighted by Crippen LogP contribution is 2.52. The Bertz CT molecular complexity index is 1520. The van der Waals surface area contributed by atoms with E-state index < -0.39 is 10.0 Å². The van der Waals surface area contributed by atoms with Crippen molar-refractivity contribution in [3.05, 3.63) is 96.1 Å². The second-order valence-corrected chi connectivity index (χ2v) is 11.5. The molecular formula is C30H30N2O2S. The summed E-state index contributed by atoms with van der Waals surface area (Å²) >= 11 is 0. The van der Waals surface area contributed by atoms with Gasteiger partial charge in [-0.2, -0.15) is 4.31 Å². The van der Waals surface area contributed by atoms with E-state index >= 15 is 0 Å². The Hall–Kier alpha value is -3.15. The molecule has 4 aromatic carbocycles. The number of nitrogens with zero attached hydrogens (tertiary/aromatic N) is 1. The van der Waals surface area contributed by atoms with Crippen molar-refractivity contribution in [2.75, 3.05) is 18.4 Å². The number of rotatable bonds is 5. The lowest BCUT2D eigenvalue weighted by Gasteiger charge is -2.39. The first-order valence-electron chi connectivity index (χ1n) is 12.5. The molecule has 1 N–H and O–H groups in total. The number of allylic oxidation sites excluding steroid dienone is 2. The molecule has 0 spiro atoms. The molecule has 1 heterocycles. The van der Waals surface area contributed by atoms with Crippen molar-refractivity contribution >= 4 is 37.3 Å². The first kappa shape index (κ1) is 22.3. The second-order valence-electron chi connectivity index (χ2n) is 9.55. The van der Waals surface area contributed by atoms with E-state index in [1.54, 1.807) is 6.07 Å². The SMILES string of the molecule is CCN(CC)S(=O)(=O)c1ccc2c(c1)C1C=CCC1C(c1c3ccccc3cc3ccccc13)N2. The summed E-state index contributed by atoms with van der Waals surface area (Å²) in [4.78, 5) is 0.384. The van der Waals surface area contributed by atoms with Crippen molar-refractivity contribution < 1.29 is 8.42 Å². The maximum atomic E-state index is 13.2. The Morgan fingerprint density at radius 2 is 1.54 bits per heavy atom. The maximum Gasteiger partial charge on any atom is 0.243 e. The minimum atomic E-state index is -3.51. The summed E-state index contributed by atoms with van der Waals surface area (Å²) in [5, 5.41) is 8.90. The van der Waals surface area contributed by atoms with Gasteiger partial charge >= 0.3 is 0 Å². The van der Waals surface area contributed by atoms with Gasteiger partial charge in [0.1, 0.15) is 0 Å². The highest BCUT2D eigenvalue weighted by Gasteiger charge is 2.40. The topological polar surface area (TPSA) is 49.4 Å². The summed E-state index contributed by atoms with van der Waals surface area (Å²) in [6.45, 7) is 4.71. The van der Waals surface area contributed by atoms with Gasteiger partial charge in [-0.05, 0) is 69.3 Å². The molecule has 3 atom stereocenters. The molecule has 1 aliphatic heterocycles. The number of nitrogens with one attached hydrogen (secondary N) is 1. The molecule has 0 aromatic heterocycles. The number of anilines is 1. The third kappa shape index (κ3) is 3.48. The molecule has 0 radical (unpaired) electrons. The highest BCUT2D eigenvalue weighted by molar-refractivity contribution is 7.89. The van der Waals surface area contributed by atoms with Gasteiger partial charge in [-0.3, -0.25) is 0 Å². The molecule has 3 unspecified atom stereocenters. The maximum absolute atomic E-state index is 13.2. The van der Waals surface area contributed by atoms with Crippen LogP contribution in [0.3, 0.4) is 0 Å². The zero-order valence-corrected chi connectivity index (χ0v) is 20.9. The molecule has 0 amide bonds. The summed E-state index contributed by atoms with van der Waals surface area (Å²) < 4.78 is 28.0. The molecule has 5 heteroatoms. The zero-order chi connectivity index (χ0) is 24.2. The summed E-state index contributed by atoms with van der Waals surface area (Å²) in [6.07, 6.45) is 5.50. The molecule has 2 aliphatic rings. The van der Waals surface area contributed by atoms with Crippen LogP contribution in [-0.2, 0) is 10.0 Å². The first-order valence-corrected chi connectivity index (χ1v) is 13.9. The fourth-order valence-electron chi connectivity index (χ4n) is 6.12. The monoisotopic (exact) mass is 482 g/mol. The molecule has 178 valence electrons. The fourth-order valence-corrected chi connectivity index (χ4v) is 7.61. The molecule has 4 nitrogen and oxygen atoms in total. The van der Waals surface area contributed by atoms with Crippen LogP contribution < -0.4 is 5.32 Å². The van der Waals surface area contributed by atoms with Crippen molar-refractivity contribution in [1.82, 2.24) is 4.31 Å². The molecule has 6 rings (SSSR count). The van der Waals surface area contributed by atoms with Gasteiger partial charge in [-0.25, -0.2) is 8.42 Å². The largest absolute Gasteiger partial charge is 0.378 e. The smallest absolute Gasteiger partial charge is 0.243 e. The van der Waals surface area contributed by atoms with E-state index in [1.165, 1.54) is 31.4 Å². The van der Waals surface area contributed by atoms with Gasteiger partial charge in [0, 0.05) is 24.7 Å². The van der Waals surface area contributed by atoms with E-state index in [2.05, 4.69) is 72.1 Å². The van der Waals surface area contributed by atoms with Crippen molar-refractivity contribution in [2.24, 2.45) is 5.92 Å². The second kappa shape index (κ2) is 8.51. The number of benzene rings is 4. The van der Waals surface area contributed by atoms with Crippen molar-refractivity contribution in [3.63, 3.8) is 0 Å². The molecule has 4 aromatic rings. The molecule has 0 saturated carbocycles. The Kier molecular flexibility index (Phi) is 5.42. The molecular weight excluding hydrogens is 452 g/mol. The van der Waals surface area contributed by atoms with E-state index in [-0.39, 0.29) is 12.0 Å². The van der Waals surface area contributed by atoms with Gasteiger partial charge in [0.2, 0.25) is 10.0 Å². The molecule has 1 aliphatic carbocycles. The third-order valence-corrected chi connectivity index (χ3v) is 9.85. The number of sulfonamides is 1. The predicted molar refractivity (Wildman–Crippen MR) is 144 cm³/mol. The zero-order valence-electron chi connectivity index (χ0n) is 20.1. The summed E-state index contributed by atoms with van der Waals surface area (Å²) in [6, 6.07) is 25.3. The number of hydrogen-bond donors (Lipinski definition) is 1. The van der Waals surface area contributed by atoms with Gasteiger partial charge in [-0.15, -0.1) is 0 Å². The summed E-state index contributed by atoms with van der Waals surface area (Å²) in [5.74, 6) is 0.504. The van der Waals surface area contributed by atoms with Gasteiger partial charge < -0.3 is 5.32 Å². The minimum Gasteiger partial charge on any atom is -0.378 e. The van der Waals surface area contributed by atoms with Gasteiger partial charge in [0.05, 0.1) is 10.9 Å². The van der Waals surface area contributed by atoms with Crippen LogP contribution in [0.25, 0.3) is 21.5 Å². The van der Waals surface area contributed by atoms with E-state index in [4.69, 9.17) is 0 Å². The van der Waals surface area contributed by atoms with Crippen LogP contribution in [0.1, 0.15) is 43.4 Å². The van der Waals surface area contributed by atoms with E-state index in [9.17, 15) is 8.42 Å². The number of hydrogen-bond acceptors (Lipinski definition) is 3. The molecule has 0 saturated heterocycles. The van der Waals surface area contributed by atoms with Crippen molar-refractivity contribution in [3.8, 4) is 0 Å². The van der Waals surface area contributed by atoms with Gasteiger partial charge in [-0.1, -0.05) is 74.5 Å². The van der Waals surface area contributed by atoms with Crippen LogP contribution in [0, 0.1) is 5.92 Å². The Balaban J connectivity index is 1.52. The van der Waals surface area contributed by atoms with Crippen molar-refractivity contribution in [2.45, 2.75) is 37.1 Å². The molecule has 0 bridgehead atoms. The standard InChI is InChI=1S/C30H30N2O2S/c1-3-32(4-2)35(33,34)22-16-17-28-27(19-22)25-14-9-15-26(25)30(31-28)29-23-12-7-5-10-20(23)18-21-11-6-8-13-24(21)29/h5-14,16-19,25-26,30-31H,3-4,15H2,1-2H3. The lowest BCUT2D eigenvalue weighted by molar-refractivity contribution is 0.427. The lowest BCUT2D eigenvalue weighted by Crippen LogP contribution is -2.32. The average Bonchev–Trinajstić information content (AvgIpc) is 3.38. The molecule has 35 heavy (non-hydrogen) atoms. The Morgan fingerprint density at radius 1 is 0.886 bits per heavy atom. The highest BCUT2D eigenvalue weighted by atomic mass is 32.2. The van der Waals surface area contributed by atoms with Gasteiger partial charge in [0.25, 0.3) is 0 Å². The van der Waals surface area contributed by atoms with Crippen LogP contribution in [-0.4, -0.2) is 25.8 Å². The summed E-state index contributed by atoms with van der Waals surface area (Å²) in [7, 11) is -3.51. The van der Waals surface area contributed by atoms with E-state index in [1.807, 2.05) is 26.0 Å². The van der Waals surface area contributed by atoms with Crippen LogP contribution in [0.15, 0.2) is 89.8 Å². The fraction of sp³-hybridized carbons (Fsp3) is 0.267. The first-order chi connectivity index (χ1) is 17.0. The number of fused-ring (bicyclic) bond motifs is 5. The van der Waals surface area contributed by atoms with Crippen molar-refractivity contribution in [1.29, 1.82) is 0 Å². The summed E-state index contributed by atoms with van der Waals surface area (Å²) in [5.41, 5.74) is 3.44. The van der Waals surface area contributed by atoms with Crippen LogP contribution in [0.4, 0.5) is 5.69 Å². The minimum absolute atomic E-state index is 0.128. The van der Waals surface area contributed by atoms with Crippen LogP contribution in [0.2, 0.25) is 0 Å². The third-order valence-electron chi connectivity index (χ3n) is 7.80. The lowest BCUT2D eigenvalue weighted by atomic mass is 9.75. The van der Waals surface area contributed by atoms with Crippen LogP contribution >= 0.6 is 0 Å². The van der Waals surface area contributed by atoms with Gasteiger partial charge in [0.15, 0.2) is 0 Å². The van der Waals surface area contributed by atoms with E-state index in [0.717, 1.165) is 17.7 Å². The van der Waals surface area contributed by atoms with E-state index in [0.29, 0.717) is 23.9 Å². The Labute approximate surface area is 207 Å². The molecule has 0 fully saturated rings. The normalized spacial score (nSPS) is 21.3. The average molecular weight is 483 g/mol. The Morgan fingerprint density at radius 3 is 2.20 bits per heavy atom. The predicted octanol–water partition coefficient (Wildman–Crippen LogP) is 6.85.